The zero-order chi connectivity index (χ0) is 14.7. The Morgan fingerprint density at radius 1 is 1.42 bits per heavy atom. The van der Waals surface area contributed by atoms with E-state index in [1.165, 1.54) is 6.92 Å². The summed E-state index contributed by atoms with van der Waals surface area (Å²) in [7, 11) is 0. The molecule has 7 atom stereocenters. The second kappa shape index (κ2) is 6.57. The molecule has 0 aromatic carbocycles. The van der Waals surface area contributed by atoms with Crippen LogP contribution < -0.4 is 11.1 Å². The van der Waals surface area contributed by atoms with E-state index in [1.54, 1.807) is 0 Å². The third-order valence-corrected chi connectivity index (χ3v) is 3.07. The number of carbonyl (C=O) groups is 1. The molecule has 1 rings (SSSR count). The monoisotopic (exact) mass is 280 g/mol. The van der Waals surface area contributed by atoms with Crippen LogP contribution in [-0.4, -0.2) is 80.8 Å². The highest BCUT2D eigenvalue weighted by molar-refractivity contribution is 5.74. The Morgan fingerprint density at radius 2 is 2.00 bits per heavy atom. The Bertz CT molecular complexity index is 312. The standard InChI is InChI=1S/C10H20N2O7/c1-3(14)6(10(17)18)12-9-5(11)8(16)7(15)4(2-13)19-9/h3-9,12-16H,2,11H2,1H3,(H,17,18)/t3-,4-,5-,6+,7-,8-,9?/m1/s1. The van der Waals surface area contributed by atoms with E-state index >= 15 is 0 Å². The minimum atomic E-state index is -1.38. The van der Waals surface area contributed by atoms with Gasteiger partial charge in [-0.2, -0.15) is 0 Å². The zero-order valence-corrected chi connectivity index (χ0v) is 10.4. The second-order valence-corrected chi connectivity index (χ2v) is 4.56. The van der Waals surface area contributed by atoms with Gasteiger partial charge in [0.2, 0.25) is 0 Å². The molecular formula is C10H20N2O7. The van der Waals surface area contributed by atoms with Gasteiger partial charge in [0, 0.05) is 0 Å². The van der Waals surface area contributed by atoms with Gasteiger partial charge in [-0.1, -0.05) is 0 Å². The maximum absolute atomic E-state index is 10.9. The molecule has 9 nitrogen and oxygen atoms in total. The fraction of sp³-hybridized carbons (Fsp3) is 0.900. The molecule has 0 bridgehead atoms. The maximum atomic E-state index is 10.9. The summed E-state index contributed by atoms with van der Waals surface area (Å²) in [5, 5.41) is 49.0. The Balaban J connectivity index is 2.78. The van der Waals surface area contributed by atoms with E-state index in [0.29, 0.717) is 0 Å². The average molecular weight is 280 g/mol. The molecular weight excluding hydrogens is 260 g/mol. The molecule has 0 saturated carbocycles. The first-order chi connectivity index (χ1) is 8.79. The van der Waals surface area contributed by atoms with Crippen LogP contribution in [0, 0.1) is 0 Å². The molecule has 0 amide bonds. The molecule has 1 fully saturated rings. The van der Waals surface area contributed by atoms with E-state index in [2.05, 4.69) is 5.32 Å². The molecule has 1 aliphatic rings. The number of hydrogen-bond donors (Lipinski definition) is 7. The van der Waals surface area contributed by atoms with Crippen molar-refractivity contribution in [3.63, 3.8) is 0 Å². The number of nitrogens with two attached hydrogens (primary N) is 1. The fourth-order valence-electron chi connectivity index (χ4n) is 1.88. The Hall–Kier alpha value is -0.810. The Kier molecular flexibility index (Phi) is 5.62. The average Bonchev–Trinajstić information content (AvgIpc) is 2.34. The van der Waals surface area contributed by atoms with Gasteiger partial charge < -0.3 is 36.0 Å². The summed E-state index contributed by atoms with van der Waals surface area (Å²) in [6, 6.07) is -2.45. The maximum Gasteiger partial charge on any atom is 0.323 e. The number of rotatable bonds is 5. The predicted molar refractivity (Wildman–Crippen MR) is 62.0 cm³/mol. The zero-order valence-electron chi connectivity index (χ0n) is 10.4. The topological polar surface area (TPSA) is 166 Å². The molecule has 8 N–H and O–H groups in total. The lowest BCUT2D eigenvalue weighted by Crippen LogP contribution is -2.68. The smallest absolute Gasteiger partial charge is 0.323 e. The molecule has 0 aromatic rings. The number of aliphatic carboxylic acids is 1. The van der Waals surface area contributed by atoms with Gasteiger partial charge >= 0.3 is 5.97 Å². The van der Waals surface area contributed by atoms with Crippen LogP contribution in [0.4, 0.5) is 0 Å². The van der Waals surface area contributed by atoms with E-state index < -0.39 is 55.3 Å². The number of hydrogen-bond acceptors (Lipinski definition) is 8. The first kappa shape index (κ1) is 16.2. The third-order valence-electron chi connectivity index (χ3n) is 3.07. The molecule has 1 heterocycles. The molecule has 0 aromatic heterocycles. The molecule has 19 heavy (non-hydrogen) atoms. The van der Waals surface area contributed by atoms with Crippen LogP contribution in [-0.2, 0) is 9.53 Å². The predicted octanol–water partition coefficient (Wildman–Crippen LogP) is -3.82. The SMILES string of the molecule is C[C@@H](O)[C@H](NC1O[C@H](CO)[C@@H](O)[C@H](O)[C@H]1N)C(=O)O. The van der Waals surface area contributed by atoms with Crippen molar-refractivity contribution in [2.75, 3.05) is 6.61 Å². The van der Waals surface area contributed by atoms with Gasteiger partial charge in [-0.05, 0) is 6.92 Å². The highest BCUT2D eigenvalue weighted by atomic mass is 16.5. The number of ether oxygens (including phenoxy) is 1. The summed E-state index contributed by atoms with van der Waals surface area (Å²) in [4.78, 5) is 10.9. The molecule has 1 unspecified atom stereocenters. The van der Waals surface area contributed by atoms with Gasteiger partial charge in [-0.25, -0.2) is 0 Å². The number of carboxylic acids is 1. The quantitative estimate of drug-likeness (QED) is 0.267. The number of carboxylic acid groups (broad SMARTS) is 1. The van der Waals surface area contributed by atoms with Crippen LogP contribution in [0.25, 0.3) is 0 Å². The summed E-state index contributed by atoms with van der Waals surface area (Å²) in [5.41, 5.74) is 5.62. The van der Waals surface area contributed by atoms with Gasteiger partial charge in [0.1, 0.15) is 30.6 Å². The summed E-state index contributed by atoms with van der Waals surface area (Å²) < 4.78 is 5.19. The van der Waals surface area contributed by atoms with E-state index in [4.69, 9.17) is 20.7 Å². The highest BCUT2D eigenvalue weighted by Gasteiger charge is 2.44. The van der Waals surface area contributed by atoms with E-state index in [-0.39, 0.29) is 0 Å². The lowest BCUT2D eigenvalue weighted by atomic mass is 9.96. The van der Waals surface area contributed by atoms with Crippen molar-refractivity contribution in [3.8, 4) is 0 Å². The molecule has 112 valence electrons. The van der Waals surface area contributed by atoms with Crippen LogP contribution >= 0.6 is 0 Å². The van der Waals surface area contributed by atoms with Gasteiger partial charge in [-0.3, -0.25) is 10.1 Å². The van der Waals surface area contributed by atoms with Crippen LogP contribution in [0.5, 0.6) is 0 Å². The van der Waals surface area contributed by atoms with E-state index in [9.17, 15) is 20.1 Å². The molecule has 1 aliphatic heterocycles. The second-order valence-electron chi connectivity index (χ2n) is 4.56. The van der Waals surface area contributed by atoms with Crippen LogP contribution in [0.1, 0.15) is 6.92 Å². The van der Waals surface area contributed by atoms with Gasteiger partial charge in [-0.15, -0.1) is 0 Å². The van der Waals surface area contributed by atoms with Crippen molar-refractivity contribution in [3.05, 3.63) is 0 Å². The molecule has 0 radical (unpaired) electrons. The summed E-state index contributed by atoms with van der Waals surface area (Å²) in [5.74, 6) is -1.31. The van der Waals surface area contributed by atoms with Gasteiger partial charge in [0.15, 0.2) is 0 Å². The normalized spacial score (nSPS) is 38.7. The van der Waals surface area contributed by atoms with Crippen molar-refractivity contribution in [2.45, 2.75) is 49.7 Å². The summed E-state index contributed by atoms with van der Waals surface area (Å²) in [6.07, 6.45) is -6.17. The highest BCUT2D eigenvalue weighted by Crippen LogP contribution is 2.19. The van der Waals surface area contributed by atoms with Crippen LogP contribution in [0.15, 0.2) is 0 Å². The molecule has 0 aliphatic carbocycles. The van der Waals surface area contributed by atoms with Gasteiger partial charge in [0.25, 0.3) is 0 Å². The van der Waals surface area contributed by atoms with Crippen molar-refractivity contribution in [1.29, 1.82) is 0 Å². The minimum Gasteiger partial charge on any atom is -0.480 e. The minimum absolute atomic E-state index is 0.560. The number of aliphatic hydroxyl groups is 4. The Morgan fingerprint density at radius 3 is 2.42 bits per heavy atom. The van der Waals surface area contributed by atoms with Crippen molar-refractivity contribution >= 4 is 5.97 Å². The van der Waals surface area contributed by atoms with E-state index in [0.717, 1.165) is 0 Å². The van der Waals surface area contributed by atoms with Crippen molar-refractivity contribution < 1.29 is 35.1 Å². The van der Waals surface area contributed by atoms with Crippen LogP contribution in [0.3, 0.4) is 0 Å². The largest absolute Gasteiger partial charge is 0.480 e. The number of aliphatic hydroxyl groups excluding tert-OH is 4. The third kappa shape index (κ3) is 3.60. The fourth-order valence-corrected chi connectivity index (χ4v) is 1.88. The number of nitrogens with one attached hydrogen (secondary N) is 1. The van der Waals surface area contributed by atoms with Crippen LogP contribution in [0.2, 0.25) is 0 Å². The summed E-state index contributed by atoms with van der Waals surface area (Å²) >= 11 is 0. The molecule has 1 saturated heterocycles. The lowest BCUT2D eigenvalue weighted by Gasteiger charge is -2.42. The lowest BCUT2D eigenvalue weighted by molar-refractivity contribution is -0.201. The van der Waals surface area contributed by atoms with Crippen molar-refractivity contribution in [1.82, 2.24) is 5.32 Å². The molecule has 9 heteroatoms. The molecule has 0 spiro atoms. The first-order valence-corrected chi connectivity index (χ1v) is 5.84. The first-order valence-electron chi connectivity index (χ1n) is 5.84. The Labute approximate surface area is 109 Å². The van der Waals surface area contributed by atoms with Gasteiger partial charge in [0.05, 0.1) is 18.8 Å². The summed E-state index contributed by atoms with van der Waals surface area (Å²) in [6.45, 7) is 0.713. The van der Waals surface area contributed by atoms with Crippen molar-refractivity contribution in [2.24, 2.45) is 5.73 Å². The van der Waals surface area contributed by atoms with E-state index in [1.807, 2.05) is 0 Å².